The Labute approximate surface area is 121 Å². The van der Waals surface area contributed by atoms with E-state index >= 15 is 0 Å². The van der Waals surface area contributed by atoms with Crippen molar-refractivity contribution in [1.82, 2.24) is 9.55 Å². The summed E-state index contributed by atoms with van der Waals surface area (Å²) in [6.07, 6.45) is 0. The molecular formula is C13H18N2O2S2. The highest BCUT2D eigenvalue weighted by atomic mass is 32.1. The fourth-order valence-electron chi connectivity index (χ4n) is 2.06. The molecule has 0 spiro atoms. The summed E-state index contributed by atoms with van der Waals surface area (Å²) in [5.41, 5.74) is 0.794. The molecule has 0 saturated heterocycles. The van der Waals surface area contributed by atoms with Crippen LogP contribution < -0.4 is 5.56 Å². The number of hydrogen-bond donors (Lipinski definition) is 1. The van der Waals surface area contributed by atoms with Crippen molar-refractivity contribution in [3.8, 4) is 0 Å². The van der Waals surface area contributed by atoms with Crippen LogP contribution in [0.5, 0.6) is 0 Å². The van der Waals surface area contributed by atoms with E-state index in [1.807, 2.05) is 18.4 Å². The predicted octanol–water partition coefficient (Wildman–Crippen LogP) is 3.35. The third-order valence-corrected chi connectivity index (χ3v) is 4.33. The smallest absolute Gasteiger partial charge is 0.272 e. The van der Waals surface area contributed by atoms with Crippen LogP contribution >= 0.6 is 23.6 Å². The van der Waals surface area contributed by atoms with Gasteiger partial charge in [-0.3, -0.25) is 9.36 Å². The molecule has 4 nitrogen and oxygen atoms in total. The normalized spacial score (nSPS) is 13.3. The molecule has 0 aliphatic carbocycles. The molecule has 2 aromatic rings. The summed E-state index contributed by atoms with van der Waals surface area (Å²) in [5, 5.41) is 1.90. The van der Waals surface area contributed by atoms with Gasteiger partial charge in [-0.2, -0.15) is 0 Å². The summed E-state index contributed by atoms with van der Waals surface area (Å²) in [4.78, 5) is 15.7. The molecule has 6 heteroatoms. The Morgan fingerprint density at radius 1 is 1.53 bits per heavy atom. The number of nitrogens with zero attached hydrogens (tertiary/aromatic N) is 1. The highest BCUT2D eigenvalue weighted by Gasteiger charge is 2.20. The van der Waals surface area contributed by atoms with Gasteiger partial charge in [-0.05, 0) is 36.5 Å². The van der Waals surface area contributed by atoms with Gasteiger partial charge in [0.1, 0.15) is 4.70 Å². The van der Waals surface area contributed by atoms with Gasteiger partial charge >= 0.3 is 0 Å². The van der Waals surface area contributed by atoms with Crippen molar-refractivity contribution in [2.45, 2.75) is 26.8 Å². The fourth-order valence-corrected chi connectivity index (χ4v) is 3.17. The van der Waals surface area contributed by atoms with Gasteiger partial charge in [-0.1, -0.05) is 13.8 Å². The zero-order valence-corrected chi connectivity index (χ0v) is 12.9. The van der Waals surface area contributed by atoms with Crippen LogP contribution in [0.15, 0.2) is 16.2 Å². The molecule has 1 unspecified atom stereocenters. The lowest BCUT2D eigenvalue weighted by Crippen LogP contribution is -2.32. The quantitative estimate of drug-likeness (QED) is 0.861. The van der Waals surface area contributed by atoms with Crippen LogP contribution in [0.4, 0.5) is 0 Å². The largest absolute Gasteiger partial charge is 0.380 e. The summed E-state index contributed by atoms with van der Waals surface area (Å²) in [6.45, 7) is 7.23. The standard InChI is InChI=1S/C13H18N2O2S2/c1-4-17-7-10(8(2)3)15-12(16)11-9(5-6-19-11)14-13(15)18/h5-6,8,10H,4,7H2,1-3H3,(H,14,18). The minimum Gasteiger partial charge on any atom is -0.380 e. The van der Waals surface area contributed by atoms with E-state index in [0.717, 1.165) is 10.2 Å². The Morgan fingerprint density at radius 2 is 2.26 bits per heavy atom. The van der Waals surface area contributed by atoms with Crippen molar-refractivity contribution in [2.24, 2.45) is 5.92 Å². The number of H-pyrrole nitrogens is 1. The number of fused-ring (bicyclic) bond motifs is 1. The van der Waals surface area contributed by atoms with Crippen molar-refractivity contribution in [3.05, 3.63) is 26.6 Å². The maximum atomic E-state index is 12.6. The maximum absolute atomic E-state index is 12.6. The number of thiophene rings is 1. The zero-order valence-electron chi connectivity index (χ0n) is 11.3. The molecule has 104 valence electrons. The number of ether oxygens (including phenoxy) is 1. The number of nitrogens with one attached hydrogen (secondary N) is 1. The van der Waals surface area contributed by atoms with Crippen LogP contribution in [0.3, 0.4) is 0 Å². The van der Waals surface area contributed by atoms with Gasteiger partial charge in [-0.15, -0.1) is 11.3 Å². The number of aromatic nitrogens is 2. The lowest BCUT2D eigenvalue weighted by molar-refractivity contribution is 0.0943. The first-order valence-electron chi connectivity index (χ1n) is 6.36. The first-order valence-corrected chi connectivity index (χ1v) is 7.64. The Hall–Kier alpha value is -0.980. The summed E-state index contributed by atoms with van der Waals surface area (Å²) < 4.78 is 8.34. The molecular weight excluding hydrogens is 280 g/mol. The lowest BCUT2D eigenvalue weighted by atomic mass is 10.1. The molecule has 0 aliphatic heterocycles. The Morgan fingerprint density at radius 3 is 2.89 bits per heavy atom. The fraction of sp³-hybridized carbons (Fsp3) is 0.538. The molecule has 2 aromatic heterocycles. The number of aromatic amines is 1. The topological polar surface area (TPSA) is 47.0 Å². The van der Waals surface area contributed by atoms with Crippen LogP contribution in [0.2, 0.25) is 0 Å². The van der Waals surface area contributed by atoms with Gasteiger partial charge in [0, 0.05) is 6.61 Å². The molecule has 2 heterocycles. The molecule has 1 atom stereocenters. The third-order valence-electron chi connectivity index (χ3n) is 3.13. The molecule has 1 N–H and O–H groups in total. The van der Waals surface area contributed by atoms with Crippen LogP contribution in [0.25, 0.3) is 10.2 Å². The molecule has 0 bridgehead atoms. The minimum atomic E-state index is -0.0392. The Kier molecular flexibility index (Phi) is 4.54. The molecule has 0 aromatic carbocycles. The first-order chi connectivity index (χ1) is 9.06. The van der Waals surface area contributed by atoms with Gasteiger partial charge in [0.2, 0.25) is 0 Å². The van der Waals surface area contributed by atoms with Crippen molar-refractivity contribution >= 4 is 33.8 Å². The highest BCUT2D eigenvalue weighted by molar-refractivity contribution is 7.71. The van der Waals surface area contributed by atoms with Crippen molar-refractivity contribution in [3.63, 3.8) is 0 Å². The SMILES string of the molecule is CCOCC(C(C)C)n1c(=S)[nH]c2ccsc2c1=O. The predicted molar refractivity (Wildman–Crippen MR) is 81.6 cm³/mol. The monoisotopic (exact) mass is 298 g/mol. The molecule has 0 radical (unpaired) electrons. The highest BCUT2D eigenvalue weighted by Crippen LogP contribution is 2.20. The summed E-state index contributed by atoms with van der Waals surface area (Å²) >= 11 is 6.77. The third kappa shape index (κ3) is 2.80. The van der Waals surface area contributed by atoms with E-state index in [4.69, 9.17) is 17.0 Å². The Balaban J connectivity index is 2.58. The van der Waals surface area contributed by atoms with E-state index in [9.17, 15) is 4.79 Å². The maximum Gasteiger partial charge on any atom is 0.272 e. The van der Waals surface area contributed by atoms with Crippen LogP contribution in [-0.2, 0) is 4.74 Å². The molecule has 19 heavy (non-hydrogen) atoms. The molecule has 0 saturated carbocycles. The molecule has 0 fully saturated rings. The van der Waals surface area contributed by atoms with E-state index in [1.165, 1.54) is 11.3 Å². The van der Waals surface area contributed by atoms with Crippen molar-refractivity contribution in [1.29, 1.82) is 0 Å². The average Bonchev–Trinajstić information content (AvgIpc) is 2.80. The van der Waals surface area contributed by atoms with E-state index in [1.54, 1.807) is 4.57 Å². The zero-order chi connectivity index (χ0) is 14.0. The van der Waals surface area contributed by atoms with E-state index in [2.05, 4.69) is 18.8 Å². The second kappa shape index (κ2) is 5.98. The van der Waals surface area contributed by atoms with Crippen molar-refractivity contribution in [2.75, 3.05) is 13.2 Å². The van der Waals surface area contributed by atoms with E-state index in [0.29, 0.717) is 18.0 Å². The summed E-state index contributed by atoms with van der Waals surface area (Å²) in [7, 11) is 0. The van der Waals surface area contributed by atoms with E-state index < -0.39 is 0 Å². The van der Waals surface area contributed by atoms with Gasteiger partial charge in [0.15, 0.2) is 4.77 Å². The van der Waals surface area contributed by atoms with Gasteiger partial charge in [0.25, 0.3) is 5.56 Å². The lowest BCUT2D eigenvalue weighted by Gasteiger charge is -2.23. The first kappa shape index (κ1) is 14.4. The second-order valence-corrected chi connectivity index (χ2v) is 6.04. The number of rotatable bonds is 5. The summed E-state index contributed by atoms with van der Waals surface area (Å²) in [5.74, 6) is 0.275. The van der Waals surface area contributed by atoms with Gasteiger partial charge < -0.3 is 9.72 Å². The van der Waals surface area contributed by atoms with Crippen molar-refractivity contribution < 1.29 is 4.74 Å². The number of hydrogen-bond acceptors (Lipinski definition) is 4. The average molecular weight is 298 g/mol. The second-order valence-electron chi connectivity index (χ2n) is 4.74. The van der Waals surface area contributed by atoms with Gasteiger partial charge in [0.05, 0.1) is 18.2 Å². The molecule has 0 aliphatic rings. The molecule has 0 amide bonds. The molecule has 2 rings (SSSR count). The van der Waals surface area contributed by atoms with Crippen LogP contribution in [-0.4, -0.2) is 22.8 Å². The van der Waals surface area contributed by atoms with Crippen LogP contribution in [0.1, 0.15) is 26.8 Å². The van der Waals surface area contributed by atoms with Crippen LogP contribution in [0, 0.1) is 10.7 Å². The Bertz CT molecular complexity index is 669. The summed E-state index contributed by atoms with van der Waals surface area (Å²) in [6, 6.07) is 1.84. The minimum absolute atomic E-state index is 0.0212. The van der Waals surface area contributed by atoms with Gasteiger partial charge in [-0.25, -0.2) is 0 Å². The van der Waals surface area contributed by atoms with E-state index in [-0.39, 0.29) is 17.5 Å².